The number of aryl methyl sites for hydroxylation is 1. The topological polar surface area (TPSA) is 55.2 Å². The van der Waals surface area contributed by atoms with Crippen LogP contribution in [0.5, 0.6) is 0 Å². The Balaban J connectivity index is 1.80. The summed E-state index contributed by atoms with van der Waals surface area (Å²) in [6, 6.07) is 14.6. The Bertz CT molecular complexity index is 980. The minimum atomic E-state index is -0.255. The monoisotopic (exact) mass is 355 g/mol. The maximum atomic E-state index is 12.5. The van der Waals surface area contributed by atoms with Crippen LogP contribution in [0.25, 0.3) is 10.8 Å². The lowest BCUT2D eigenvalue weighted by atomic mass is 10.1. The van der Waals surface area contributed by atoms with Crippen molar-refractivity contribution in [2.45, 2.75) is 20.0 Å². The molecule has 128 valence electrons. The molecular weight excluding hydrogens is 338 g/mol. The van der Waals surface area contributed by atoms with Crippen molar-refractivity contribution in [2.75, 3.05) is 7.05 Å². The lowest BCUT2D eigenvalue weighted by Crippen LogP contribution is -2.35. The molecule has 0 saturated carbocycles. The van der Waals surface area contributed by atoms with Gasteiger partial charge in [-0.2, -0.15) is 5.10 Å². The van der Waals surface area contributed by atoms with Gasteiger partial charge in [0.25, 0.3) is 5.56 Å². The Kier molecular flexibility index (Phi) is 4.86. The van der Waals surface area contributed by atoms with Gasteiger partial charge in [-0.15, -0.1) is 0 Å². The summed E-state index contributed by atoms with van der Waals surface area (Å²) in [6.07, 6.45) is 0. The fraction of sp³-hybridized carbons (Fsp3) is 0.211. The van der Waals surface area contributed by atoms with E-state index in [4.69, 9.17) is 11.6 Å². The van der Waals surface area contributed by atoms with Gasteiger partial charge in [0.05, 0.1) is 11.1 Å². The molecule has 25 heavy (non-hydrogen) atoms. The molecule has 5 nitrogen and oxygen atoms in total. The average molecular weight is 356 g/mol. The number of carbonyl (C=O) groups is 1. The van der Waals surface area contributed by atoms with Crippen LogP contribution in [0, 0.1) is 6.92 Å². The van der Waals surface area contributed by atoms with Gasteiger partial charge in [0.1, 0.15) is 6.54 Å². The number of amides is 1. The standard InChI is InChI=1S/C19H18ClN3O2/c1-13-16-5-3-4-6-17(16)19(25)23(21-13)12-18(24)22(2)11-14-7-9-15(20)10-8-14/h3-10H,11-12H2,1-2H3. The van der Waals surface area contributed by atoms with Gasteiger partial charge in [0.2, 0.25) is 5.91 Å². The smallest absolute Gasteiger partial charge is 0.275 e. The zero-order valence-corrected chi connectivity index (χ0v) is 14.8. The molecule has 1 heterocycles. The van der Waals surface area contributed by atoms with Gasteiger partial charge in [0, 0.05) is 24.0 Å². The molecule has 0 N–H and O–H groups in total. The molecule has 3 aromatic rings. The van der Waals surface area contributed by atoms with Crippen LogP contribution in [0.3, 0.4) is 0 Å². The Morgan fingerprint density at radius 3 is 2.44 bits per heavy atom. The van der Waals surface area contributed by atoms with Crippen LogP contribution in [-0.4, -0.2) is 27.6 Å². The summed E-state index contributed by atoms with van der Waals surface area (Å²) < 4.78 is 1.23. The van der Waals surface area contributed by atoms with Gasteiger partial charge in [-0.3, -0.25) is 9.59 Å². The Morgan fingerprint density at radius 1 is 1.12 bits per heavy atom. The maximum Gasteiger partial charge on any atom is 0.275 e. The van der Waals surface area contributed by atoms with Crippen molar-refractivity contribution in [1.82, 2.24) is 14.7 Å². The van der Waals surface area contributed by atoms with E-state index in [0.717, 1.165) is 16.6 Å². The lowest BCUT2D eigenvalue weighted by molar-refractivity contribution is -0.131. The van der Waals surface area contributed by atoms with Crippen LogP contribution in [0.1, 0.15) is 11.3 Å². The number of halogens is 1. The predicted octanol–water partition coefficient (Wildman–Crippen LogP) is 3.02. The number of benzene rings is 2. The third kappa shape index (κ3) is 3.72. The number of likely N-dealkylation sites (N-methyl/N-ethyl adjacent to an activating group) is 1. The SMILES string of the molecule is Cc1nn(CC(=O)N(C)Cc2ccc(Cl)cc2)c(=O)c2ccccc12. The fourth-order valence-electron chi connectivity index (χ4n) is 2.71. The normalized spacial score (nSPS) is 10.8. The molecule has 0 atom stereocenters. The van der Waals surface area contributed by atoms with Crippen LogP contribution in [0.2, 0.25) is 5.02 Å². The molecule has 0 radical (unpaired) electrons. The highest BCUT2D eigenvalue weighted by Gasteiger charge is 2.14. The second-order valence-electron chi connectivity index (χ2n) is 5.97. The number of carbonyl (C=O) groups excluding carboxylic acids is 1. The minimum absolute atomic E-state index is 0.0887. The molecule has 0 aliphatic carbocycles. The van der Waals surface area contributed by atoms with Crippen molar-refractivity contribution in [3.63, 3.8) is 0 Å². The maximum absolute atomic E-state index is 12.5. The molecule has 0 spiro atoms. The fourth-order valence-corrected chi connectivity index (χ4v) is 2.84. The molecule has 2 aromatic carbocycles. The third-order valence-electron chi connectivity index (χ3n) is 4.10. The second kappa shape index (κ2) is 7.07. The molecule has 3 rings (SSSR count). The molecule has 0 fully saturated rings. The van der Waals surface area contributed by atoms with Crippen LogP contribution < -0.4 is 5.56 Å². The van der Waals surface area contributed by atoms with Crippen molar-refractivity contribution in [2.24, 2.45) is 0 Å². The summed E-state index contributed by atoms with van der Waals surface area (Å²) in [5.41, 5.74) is 1.44. The number of hydrogen-bond donors (Lipinski definition) is 0. The number of rotatable bonds is 4. The van der Waals surface area contributed by atoms with Crippen molar-refractivity contribution in [3.05, 3.63) is 75.2 Å². The van der Waals surface area contributed by atoms with E-state index in [0.29, 0.717) is 17.0 Å². The molecule has 6 heteroatoms. The molecule has 0 saturated heterocycles. The van der Waals surface area contributed by atoms with Gasteiger partial charge in [-0.05, 0) is 30.7 Å². The zero-order valence-electron chi connectivity index (χ0n) is 14.1. The highest BCUT2D eigenvalue weighted by atomic mass is 35.5. The quantitative estimate of drug-likeness (QED) is 0.723. The van der Waals surface area contributed by atoms with E-state index in [9.17, 15) is 9.59 Å². The summed E-state index contributed by atoms with van der Waals surface area (Å²) in [7, 11) is 1.70. The van der Waals surface area contributed by atoms with E-state index >= 15 is 0 Å². The van der Waals surface area contributed by atoms with E-state index < -0.39 is 0 Å². The molecule has 0 bridgehead atoms. The summed E-state index contributed by atoms with van der Waals surface area (Å²) in [6.45, 7) is 2.19. The van der Waals surface area contributed by atoms with Crippen molar-refractivity contribution >= 4 is 28.3 Å². The van der Waals surface area contributed by atoms with Crippen molar-refractivity contribution < 1.29 is 4.79 Å². The highest BCUT2D eigenvalue weighted by Crippen LogP contribution is 2.13. The van der Waals surface area contributed by atoms with Crippen LogP contribution >= 0.6 is 11.6 Å². The van der Waals surface area contributed by atoms with Gasteiger partial charge in [-0.25, -0.2) is 4.68 Å². The minimum Gasteiger partial charge on any atom is -0.340 e. The summed E-state index contributed by atoms with van der Waals surface area (Å²) in [5, 5.41) is 6.32. The van der Waals surface area contributed by atoms with Crippen molar-refractivity contribution in [1.29, 1.82) is 0 Å². The second-order valence-corrected chi connectivity index (χ2v) is 6.41. The first-order valence-electron chi connectivity index (χ1n) is 7.90. The number of aromatic nitrogens is 2. The van der Waals surface area contributed by atoms with Crippen LogP contribution in [0.4, 0.5) is 0 Å². The van der Waals surface area contributed by atoms with Crippen molar-refractivity contribution in [3.8, 4) is 0 Å². The number of nitrogens with zero attached hydrogens (tertiary/aromatic N) is 3. The van der Waals surface area contributed by atoms with E-state index in [-0.39, 0.29) is 18.0 Å². The van der Waals surface area contributed by atoms with E-state index in [1.807, 2.05) is 37.3 Å². The first-order valence-corrected chi connectivity index (χ1v) is 8.28. The van der Waals surface area contributed by atoms with Gasteiger partial charge in [0.15, 0.2) is 0 Å². The average Bonchev–Trinajstić information content (AvgIpc) is 2.61. The van der Waals surface area contributed by atoms with Gasteiger partial charge >= 0.3 is 0 Å². The summed E-state index contributed by atoms with van der Waals surface area (Å²) >= 11 is 5.87. The van der Waals surface area contributed by atoms with E-state index in [2.05, 4.69) is 5.10 Å². The predicted molar refractivity (Wildman–Crippen MR) is 98.7 cm³/mol. The van der Waals surface area contributed by atoms with Gasteiger partial charge in [-0.1, -0.05) is 41.9 Å². The summed E-state index contributed by atoms with van der Waals surface area (Å²) in [4.78, 5) is 26.6. The molecule has 0 aliphatic rings. The van der Waals surface area contributed by atoms with Crippen LogP contribution in [-0.2, 0) is 17.9 Å². The molecule has 0 unspecified atom stereocenters. The molecule has 1 aromatic heterocycles. The Morgan fingerprint density at radius 2 is 1.76 bits per heavy atom. The van der Waals surface area contributed by atoms with Gasteiger partial charge < -0.3 is 4.90 Å². The first-order chi connectivity index (χ1) is 12.0. The zero-order chi connectivity index (χ0) is 18.0. The number of fused-ring (bicyclic) bond motifs is 1. The van der Waals surface area contributed by atoms with E-state index in [1.165, 1.54) is 4.68 Å². The van der Waals surface area contributed by atoms with Crippen LogP contribution in [0.15, 0.2) is 53.3 Å². The Hall–Kier alpha value is -2.66. The third-order valence-corrected chi connectivity index (χ3v) is 4.35. The molecule has 1 amide bonds. The van der Waals surface area contributed by atoms with E-state index in [1.54, 1.807) is 30.1 Å². The molecular formula is C19H18ClN3O2. The highest BCUT2D eigenvalue weighted by molar-refractivity contribution is 6.30. The lowest BCUT2D eigenvalue weighted by Gasteiger charge is -2.18. The first kappa shape index (κ1) is 17.2. The largest absolute Gasteiger partial charge is 0.340 e. The number of hydrogen-bond acceptors (Lipinski definition) is 3. The summed E-state index contributed by atoms with van der Waals surface area (Å²) in [5.74, 6) is -0.181. The Labute approximate surface area is 150 Å². The molecule has 0 aliphatic heterocycles.